The van der Waals surface area contributed by atoms with Crippen LogP contribution >= 0.6 is 0 Å². The lowest BCUT2D eigenvalue weighted by atomic mass is 10.0. The van der Waals surface area contributed by atoms with Gasteiger partial charge in [-0.1, -0.05) is 66.7 Å². The number of fused-ring (bicyclic) bond motifs is 1. The molecule has 0 saturated carbocycles. The van der Waals surface area contributed by atoms with Gasteiger partial charge in [0, 0.05) is 43.2 Å². The number of amides is 1. The van der Waals surface area contributed by atoms with Crippen LogP contribution in [0.4, 0.5) is 17.1 Å². The third-order valence-electron chi connectivity index (χ3n) is 8.13. The standard InChI is InChI=1S/C34H33N3O5/c38-32-22-27-28(36-18-16-34(17-19-36)41-20-21-42-34)12-7-13-29(27)37(32)30-14-15-31(39-23-25-8-3-1-4-9-25)35-33(30)40-24-26-10-5-2-6-11-26/h1-15H,16-24H2. The summed E-state index contributed by atoms with van der Waals surface area (Å²) in [5, 5.41) is 0. The summed E-state index contributed by atoms with van der Waals surface area (Å²) in [6.45, 7) is 3.63. The summed E-state index contributed by atoms with van der Waals surface area (Å²) in [6, 6.07) is 29.7. The van der Waals surface area contributed by atoms with Gasteiger partial charge >= 0.3 is 0 Å². The fraction of sp³-hybridized carbons (Fsp3) is 0.294. The van der Waals surface area contributed by atoms with Crippen LogP contribution in [0.5, 0.6) is 11.8 Å². The van der Waals surface area contributed by atoms with Gasteiger partial charge in [-0.15, -0.1) is 0 Å². The van der Waals surface area contributed by atoms with E-state index in [1.165, 1.54) is 0 Å². The van der Waals surface area contributed by atoms with E-state index in [0.29, 0.717) is 50.3 Å². The molecule has 3 aliphatic heterocycles. The van der Waals surface area contributed by atoms with Crippen molar-refractivity contribution in [2.75, 3.05) is 36.1 Å². The number of ether oxygens (including phenoxy) is 4. The van der Waals surface area contributed by atoms with E-state index in [4.69, 9.17) is 23.9 Å². The molecule has 1 amide bonds. The van der Waals surface area contributed by atoms with Crippen molar-refractivity contribution in [3.63, 3.8) is 0 Å². The Balaban J connectivity index is 1.17. The number of carbonyl (C=O) groups excluding carboxylic acids is 1. The van der Waals surface area contributed by atoms with Gasteiger partial charge in [-0.2, -0.15) is 4.98 Å². The van der Waals surface area contributed by atoms with Crippen LogP contribution in [-0.4, -0.2) is 43.0 Å². The van der Waals surface area contributed by atoms with Crippen molar-refractivity contribution in [2.24, 2.45) is 0 Å². The molecule has 4 heterocycles. The van der Waals surface area contributed by atoms with Crippen LogP contribution in [0.25, 0.3) is 0 Å². The molecule has 2 saturated heterocycles. The van der Waals surface area contributed by atoms with Crippen molar-refractivity contribution >= 4 is 23.0 Å². The molecular formula is C34H33N3O5. The van der Waals surface area contributed by atoms with Crippen LogP contribution < -0.4 is 19.3 Å². The highest BCUT2D eigenvalue weighted by atomic mass is 16.7. The van der Waals surface area contributed by atoms with E-state index in [1.807, 2.05) is 78.9 Å². The minimum atomic E-state index is -0.447. The molecule has 0 radical (unpaired) electrons. The average molecular weight is 564 g/mol. The van der Waals surface area contributed by atoms with Gasteiger partial charge in [0.1, 0.15) is 18.9 Å². The van der Waals surface area contributed by atoms with Crippen molar-refractivity contribution in [1.82, 2.24) is 4.98 Å². The van der Waals surface area contributed by atoms with E-state index in [1.54, 1.807) is 11.0 Å². The van der Waals surface area contributed by atoms with Crippen LogP contribution in [0.2, 0.25) is 0 Å². The molecule has 4 aromatic rings. The lowest BCUT2D eigenvalue weighted by Gasteiger charge is -2.39. The van der Waals surface area contributed by atoms with E-state index in [0.717, 1.165) is 54.0 Å². The van der Waals surface area contributed by atoms with Crippen LogP contribution in [0.3, 0.4) is 0 Å². The largest absolute Gasteiger partial charge is 0.473 e. The first kappa shape index (κ1) is 26.5. The highest BCUT2D eigenvalue weighted by Gasteiger charge is 2.41. The van der Waals surface area contributed by atoms with Crippen LogP contribution in [0.15, 0.2) is 91.0 Å². The molecule has 0 unspecified atom stereocenters. The number of piperidine rings is 1. The topological polar surface area (TPSA) is 73.4 Å². The molecule has 7 rings (SSSR count). The minimum Gasteiger partial charge on any atom is -0.473 e. The van der Waals surface area contributed by atoms with Gasteiger partial charge < -0.3 is 23.8 Å². The summed E-state index contributed by atoms with van der Waals surface area (Å²) in [4.78, 5) is 22.5. The van der Waals surface area contributed by atoms with Crippen molar-refractivity contribution < 1.29 is 23.7 Å². The first-order valence-electron chi connectivity index (χ1n) is 14.5. The van der Waals surface area contributed by atoms with Crippen molar-refractivity contribution in [3.8, 4) is 11.8 Å². The van der Waals surface area contributed by atoms with Gasteiger partial charge in [0.25, 0.3) is 0 Å². The maximum Gasteiger partial charge on any atom is 0.242 e. The quantitative estimate of drug-likeness (QED) is 0.268. The predicted molar refractivity (Wildman–Crippen MR) is 159 cm³/mol. The molecule has 214 valence electrons. The van der Waals surface area contributed by atoms with Crippen molar-refractivity contribution in [2.45, 2.75) is 38.3 Å². The summed E-state index contributed by atoms with van der Waals surface area (Å²) in [5.74, 6) is 0.325. The molecule has 3 aliphatic rings. The predicted octanol–water partition coefficient (Wildman–Crippen LogP) is 5.80. The molecule has 3 aromatic carbocycles. The number of hydrogen-bond donors (Lipinski definition) is 0. The molecule has 0 N–H and O–H groups in total. The van der Waals surface area contributed by atoms with Gasteiger partial charge in [0.15, 0.2) is 5.79 Å². The first-order valence-corrected chi connectivity index (χ1v) is 14.5. The van der Waals surface area contributed by atoms with E-state index in [2.05, 4.69) is 11.0 Å². The maximum absolute atomic E-state index is 13.6. The molecule has 8 heteroatoms. The van der Waals surface area contributed by atoms with Gasteiger partial charge in [-0.05, 0) is 29.3 Å². The molecular weight excluding hydrogens is 530 g/mol. The zero-order chi connectivity index (χ0) is 28.4. The third kappa shape index (κ3) is 5.31. The maximum atomic E-state index is 13.6. The van der Waals surface area contributed by atoms with E-state index in [-0.39, 0.29) is 5.91 Å². The Hall–Kier alpha value is -4.40. The van der Waals surface area contributed by atoms with Crippen molar-refractivity contribution in [3.05, 3.63) is 108 Å². The highest BCUT2D eigenvalue weighted by Crippen LogP contribution is 2.45. The van der Waals surface area contributed by atoms with E-state index < -0.39 is 5.79 Å². The Morgan fingerprint density at radius 2 is 1.36 bits per heavy atom. The number of pyridine rings is 1. The smallest absolute Gasteiger partial charge is 0.242 e. The van der Waals surface area contributed by atoms with Crippen LogP contribution in [0, 0.1) is 0 Å². The van der Waals surface area contributed by atoms with Gasteiger partial charge in [-0.25, -0.2) is 0 Å². The molecule has 8 nitrogen and oxygen atoms in total. The van der Waals surface area contributed by atoms with Crippen LogP contribution in [-0.2, 0) is 33.9 Å². The average Bonchev–Trinajstić information content (AvgIpc) is 3.64. The lowest BCUT2D eigenvalue weighted by Crippen LogP contribution is -2.45. The SMILES string of the molecule is O=C1Cc2c(N3CCC4(CC3)OCCO4)cccc2N1c1ccc(OCc2ccccc2)nc1OCc1ccccc1. The molecule has 0 bridgehead atoms. The zero-order valence-electron chi connectivity index (χ0n) is 23.4. The highest BCUT2D eigenvalue weighted by molar-refractivity contribution is 6.09. The summed E-state index contributed by atoms with van der Waals surface area (Å²) in [7, 11) is 0. The number of hydrogen-bond acceptors (Lipinski definition) is 7. The van der Waals surface area contributed by atoms with E-state index in [9.17, 15) is 4.79 Å². The second-order valence-corrected chi connectivity index (χ2v) is 10.8. The lowest BCUT2D eigenvalue weighted by molar-refractivity contribution is -0.169. The summed E-state index contributed by atoms with van der Waals surface area (Å²) in [6.07, 6.45) is 1.92. The number of rotatable bonds is 8. The second kappa shape index (κ2) is 11.5. The third-order valence-corrected chi connectivity index (χ3v) is 8.13. The Morgan fingerprint density at radius 3 is 2.05 bits per heavy atom. The number of aromatic nitrogens is 1. The Morgan fingerprint density at radius 1 is 0.714 bits per heavy atom. The monoisotopic (exact) mass is 563 g/mol. The second-order valence-electron chi connectivity index (χ2n) is 10.8. The van der Waals surface area contributed by atoms with Gasteiger partial charge in [-0.3, -0.25) is 9.69 Å². The molecule has 0 atom stereocenters. The molecule has 0 aliphatic carbocycles. The minimum absolute atomic E-state index is 0.0160. The summed E-state index contributed by atoms with van der Waals surface area (Å²) < 4.78 is 24.1. The fourth-order valence-electron chi connectivity index (χ4n) is 5.98. The Bertz CT molecular complexity index is 1550. The fourth-order valence-corrected chi connectivity index (χ4v) is 5.98. The van der Waals surface area contributed by atoms with Gasteiger partial charge in [0.2, 0.25) is 17.7 Å². The van der Waals surface area contributed by atoms with Crippen LogP contribution in [0.1, 0.15) is 29.5 Å². The first-order chi connectivity index (χ1) is 20.7. The van der Waals surface area contributed by atoms with Crippen molar-refractivity contribution in [1.29, 1.82) is 0 Å². The summed E-state index contributed by atoms with van der Waals surface area (Å²) in [5.41, 5.74) is 5.61. The molecule has 1 spiro atoms. The number of carbonyl (C=O) groups is 1. The zero-order valence-corrected chi connectivity index (χ0v) is 23.4. The molecule has 2 fully saturated rings. The normalized spacial score (nSPS) is 17.5. The number of nitrogens with zero attached hydrogens (tertiary/aromatic N) is 3. The van der Waals surface area contributed by atoms with Gasteiger partial charge in [0.05, 0.1) is 25.3 Å². The molecule has 42 heavy (non-hydrogen) atoms. The van der Waals surface area contributed by atoms with E-state index >= 15 is 0 Å². The Kier molecular flexibility index (Phi) is 7.23. The number of anilines is 3. The number of benzene rings is 3. The molecule has 1 aromatic heterocycles. The Labute approximate surface area is 245 Å². The summed E-state index contributed by atoms with van der Waals surface area (Å²) >= 11 is 0.